The molecule has 0 saturated carbocycles. The largest absolute Gasteiger partial charge is 0.469 e. The van der Waals surface area contributed by atoms with Gasteiger partial charge in [-0.2, -0.15) is 0 Å². The summed E-state index contributed by atoms with van der Waals surface area (Å²) in [4.78, 5) is 36.7. The molecule has 2 rings (SSSR count). The molecule has 0 unspecified atom stereocenters. The highest BCUT2D eigenvalue weighted by Crippen LogP contribution is 2.32. The summed E-state index contributed by atoms with van der Waals surface area (Å²) in [5.74, 6) is -0.960. The monoisotopic (exact) mass is 349 g/mol. The number of piperidine rings is 1. The van der Waals surface area contributed by atoms with E-state index in [4.69, 9.17) is 4.74 Å². The molecule has 1 aliphatic rings. The van der Waals surface area contributed by atoms with Gasteiger partial charge in [0.1, 0.15) is 5.69 Å². The second-order valence-electron chi connectivity index (χ2n) is 6.40. The maximum atomic E-state index is 12.1. The number of nitrogens with one attached hydrogen (secondary N) is 1. The third-order valence-corrected chi connectivity index (χ3v) is 4.15. The fraction of sp³-hybridized carbons (Fsp3) is 0.529. The molecule has 8 nitrogen and oxygen atoms in total. The maximum Gasteiger partial charge on any atom is 0.310 e. The third-order valence-electron chi connectivity index (χ3n) is 4.15. The average Bonchev–Trinajstić information content (AvgIpc) is 2.60. The van der Waals surface area contributed by atoms with E-state index in [9.17, 15) is 19.7 Å². The summed E-state index contributed by atoms with van der Waals surface area (Å²) in [5.41, 5.74) is 0.521. The zero-order valence-electron chi connectivity index (χ0n) is 14.7. The Morgan fingerprint density at radius 1 is 1.40 bits per heavy atom. The lowest BCUT2D eigenvalue weighted by atomic mass is 9.97. The van der Waals surface area contributed by atoms with Crippen LogP contribution in [0, 0.1) is 16.0 Å². The first-order valence-corrected chi connectivity index (χ1v) is 8.25. The second kappa shape index (κ2) is 7.96. The van der Waals surface area contributed by atoms with Crippen molar-refractivity contribution in [1.29, 1.82) is 0 Å². The SMILES string of the molecule is COC(=O)[C@@H]1CCCN(c2ccc(C(=O)NC(C)C)cc2[N+](=O)[O-])C1. The Bertz CT molecular complexity index is 674. The number of methoxy groups -OCH3 is 1. The lowest BCUT2D eigenvalue weighted by Crippen LogP contribution is -2.39. The molecule has 1 aromatic rings. The Morgan fingerprint density at radius 3 is 2.72 bits per heavy atom. The van der Waals surface area contributed by atoms with Crippen LogP contribution in [0.2, 0.25) is 0 Å². The van der Waals surface area contributed by atoms with Crippen LogP contribution in [0.15, 0.2) is 18.2 Å². The first-order chi connectivity index (χ1) is 11.8. The number of amides is 1. The van der Waals surface area contributed by atoms with Crippen LogP contribution in [0.4, 0.5) is 11.4 Å². The van der Waals surface area contributed by atoms with E-state index in [1.807, 2.05) is 18.7 Å². The third kappa shape index (κ3) is 4.46. The lowest BCUT2D eigenvalue weighted by molar-refractivity contribution is -0.384. The highest BCUT2D eigenvalue weighted by Gasteiger charge is 2.30. The van der Waals surface area contributed by atoms with E-state index < -0.39 is 4.92 Å². The Labute approximate surface area is 146 Å². The van der Waals surface area contributed by atoms with Gasteiger partial charge in [0, 0.05) is 30.8 Å². The molecule has 0 spiro atoms. The number of carbonyl (C=O) groups is 2. The molecule has 1 amide bonds. The fourth-order valence-electron chi connectivity index (χ4n) is 2.98. The topological polar surface area (TPSA) is 102 Å². The number of hydrogen-bond donors (Lipinski definition) is 1. The molecule has 0 aliphatic carbocycles. The fourth-order valence-corrected chi connectivity index (χ4v) is 2.98. The standard InChI is InChI=1S/C17H23N3O5/c1-11(2)18-16(21)12-6-7-14(15(9-12)20(23)24)19-8-4-5-13(10-19)17(22)25-3/h6-7,9,11,13H,4-5,8,10H2,1-3H3,(H,18,21)/t13-/m1/s1. The molecule has 25 heavy (non-hydrogen) atoms. The van der Waals surface area contributed by atoms with E-state index in [1.165, 1.54) is 13.2 Å². The van der Waals surface area contributed by atoms with Crippen molar-refractivity contribution < 1.29 is 19.2 Å². The summed E-state index contributed by atoms with van der Waals surface area (Å²) >= 11 is 0. The summed E-state index contributed by atoms with van der Waals surface area (Å²) < 4.78 is 4.79. The van der Waals surface area contributed by atoms with E-state index in [0.717, 1.165) is 6.42 Å². The van der Waals surface area contributed by atoms with Crippen molar-refractivity contribution in [2.75, 3.05) is 25.1 Å². The van der Waals surface area contributed by atoms with Gasteiger partial charge < -0.3 is 15.0 Å². The van der Waals surface area contributed by atoms with E-state index in [-0.39, 0.29) is 35.1 Å². The highest BCUT2D eigenvalue weighted by molar-refractivity contribution is 5.96. The quantitative estimate of drug-likeness (QED) is 0.496. The molecule has 1 atom stereocenters. The number of rotatable bonds is 5. The highest BCUT2D eigenvalue weighted by atomic mass is 16.6. The Morgan fingerprint density at radius 2 is 2.12 bits per heavy atom. The molecule has 1 heterocycles. The number of nitro groups is 1. The van der Waals surface area contributed by atoms with Crippen LogP contribution in [-0.2, 0) is 9.53 Å². The molecule has 1 fully saturated rings. The van der Waals surface area contributed by atoms with Crippen LogP contribution in [0.5, 0.6) is 0 Å². The number of hydrogen-bond acceptors (Lipinski definition) is 6. The van der Waals surface area contributed by atoms with Crippen LogP contribution in [-0.4, -0.2) is 43.0 Å². The molecule has 1 aliphatic heterocycles. The Balaban J connectivity index is 2.29. The van der Waals surface area contributed by atoms with Gasteiger partial charge in [0.2, 0.25) is 0 Å². The normalized spacial score (nSPS) is 17.3. The van der Waals surface area contributed by atoms with Crippen molar-refractivity contribution in [1.82, 2.24) is 5.32 Å². The van der Waals surface area contributed by atoms with Crippen molar-refractivity contribution in [2.45, 2.75) is 32.7 Å². The Hall–Kier alpha value is -2.64. The lowest BCUT2D eigenvalue weighted by Gasteiger charge is -2.32. The molecule has 0 aromatic heterocycles. The predicted molar refractivity (Wildman–Crippen MR) is 92.7 cm³/mol. The summed E-state index contributed by atoms with van der Waals surface area (Å²) in [7, 11) is 1.34. The molecular weight excluding hydrogens is 326 g/mol. The van der Waals surface area contributed by atoms with Gasteiger partial charge in [-0.25, -0.2) is 0 Å². The molecule has 1 saturated heterocycles. The number of nitrogens with zero attached hydrogens (tertiary/aromatic N) is 2. The maximum absolute atomic E-state index is 12.1. The van der Waals surface area contributed by atoms with Crippen molar-refractivity contribution in [3.8, 4) is 0 Å². The molecule has 1 aromatic carbocycles. The molecule has 1 N–H and O–H groups in total. The van der Waals surface area contributed by atoms with Crippen LogP contribution in [0.3, 0.4) is 0 Å². The molecule has 136 valence electrons. The molecule has 8 heteroatoms. The van der Waals surface area contributed by atoms with Crippen molar-refractivity contribution in [2.24, 2.45) is 5.92 Å². The van der Waals surface area contributed by atoms with Crippen molar-refractivity contribution in [3.05, 3.63) is 33.9 Å². The van der Waals surface area contributed by atoms with Crippen molar-refractivity contribution in [3.63, 3.8) is 0 Å². The van der Waals surface area contributed by atoms with E-state index >= 15 is 0 Å². The summed E-state index contributed by atoms with van der Waals surface area (Å²) in [6.07, 6.45) is 1.44. The predicted octanol–water partition coefficient (Wildman–Crippen LogP) is 2.12. The zero-order valence-corrected chi connectivity index (χ0v) is 14.7. The van der Waals surface area contributed by atoms with Gasteiger partial charge in [0.05, 0.1) is 18.0 Å². The first kappa shape index (κ1) is 18.7. The second-order valence-corrected chi connectivity index (χ2v) is 6.40. The minimum Gasteiger partial charge on any atom is -0.469 e. The van der Waals surface area contributed by atoms with Gasteiger partial charge in [0.25, 0.3) is 11.6 Å². The van der Waals surface area contributed by atoms with Gasteiger partial charge in [-0.1, -0.05) is 0 Å². The minimum atomic E-state index is -0.497. The summed E-state index contributed by atoms with van der Waals surface area (Å²) in [6.45, 7) is 4.62. The van der Waals surface area contributed by atoms with E-state index in [0.29, 0.717) is 25.2 Å². The van der Waals surface area contributed by atoms with Crippen LogP contribution in [0.25, 0.3) is 0 Å². The van der Waals surface area contributed by atoms with Crippen LogP contribution < -0.4 is 10.2 Å². The van der Waals surface area contributed by atoms with Gasteiger partial charge in [-0.05, 0) is 38.8 Å². The van der Waals surface area contributed by atoms with Gasteiger partial charge in [0.15, 0.2) is 0 Å². The van der Waals surface area contributed by atoms with Gasteiger partial charge in [-0.3, -0.25) is 19.7 Å². The minimum absolute atomic E-state index is 0.0610. The molecular formula is C17H23N3O5. The van der Waals surface area contributed by atoms with E-state index in [2.05, 4.69) is 5.32 Å². The number of benzene rings is 1. The number of carbonyl (C=O) groups excluding carboxylic acids is 2. The smallest absolute Gasteiger partial charge is 0.310 e. The number of esters is 1. The first-order valence-electron chi connectivity index (χ1n) is 8.25. The van der Waals surface area contributed by atoms with Gasteiger partial charge in [-0.15, -0.1) is 0 Å². The summed E-state index contributed by atoms with van der Waals surface area (Å²) in [6, 6.07) is 4.37. The number of ether oxygens (including phenoxy) is 1. The van der Waals surface area contributed by atoms with E-state index in [1.54, 1.807) is 12.1 Å². The van der Waals surface area contributed by atoms with Crippen LogP contribution in [0.1, 0.15) is 37.0 Å². The van der Waals surface area contributed by atoms with Crippen LogP contribution >= 0.6 is 0 Å². The summed E-state index contributed by atoms with van der Waals surface area (Å²) in [5, 5.41) is 14.2. The van der Waals surface area contributed by atoms with Gasteiger partial charge >= 0.3 is 5.97 Å². The molecule has 0 bridgehead atoms. The Kier molecular flexibility index (Phi) is 5.95. The number of anilines is 1. The molecule has 0 radical (unpaired) electrons. The zero-order chi connectivity index (χ0) is 18.6. The average molecular weight is 349 g/mol. The van der Waals surface area contributed by atoms with Crippen molar-refractivity contribution >= 4 is 23.3 Å². The number of nitro benzene ring substituents is 1.